The Morgan fingerprint density at radius 2 is 0.490 bits per heavy atom. The first-order valence-corrected chi connectivity index (χ1v) is 17.4. The Balaban J connectivity index is 1.31. The summed E-state index contributed by atoms with van der Waals surface area (Å²) in [5, 5.41) is 3.62. The molecule has 3 heteroatoms. The number of nitrogens with one attached hydrogen (secondary N) is 3. The quantitative estimate of drug-likeness (QED) is 0.160. The molecule has 0 unspecified atom stereocenters. The first-order valence-electron chi connectivity index (χ1n) is 17.4. The van der Waals surface area contributed by atoms with Crippen LogP contribution in [0.2, 0.25) is 0 Å². The zero-order chi connectivity index (χ0) is 33.7. The Hall–Kier alpha value is -6.84. The van der Waals surface area contributed by atoms with Gasteiger partial charge in [0.15, 0.2) is 0 Å². The van der Waals surface area contributed by atoms with Crippen LogP contribution in [0.4, 0.5) is 0 Å². The van der Waals surface area contributed by atoms with E-state index < -0.39 is 0 Å². The van der Waals surface area contributed by atoms with Crippen molar-refractivity contribution < 1.29 is 0 Å². The summed E-state index contributed by atoms with van der Waals surface area (Å²) in [4.78, 5) is 11.6. The lowest BCUT2D eigenvalue weighted by atomic mass is 9.91. The number of rotatable bonds is 6. The number of hydrogen-bond acceptors (Lipinski definition) is 0. The lowest BCUT2D eigenvalue weighted by Crippen LogP contribution is -1.91. The summed E-state index contributed by atoms with van der Waals surface area (Å²) in [5.41, 5.74) is 17.2. The minimum absolute atomic E-state index is 1.10. The van der Waals surface area contributed by atoms with Crippen molar-refractivity contribution in [3.05, 3.63) is 182 Å². The van der Waals surface area contributed by atoms with E-state index in [-0.39, 0.29) is 0 Å². The van der Waals surface area contributed by atoms with E-state index in [2.05, 4.69) is 197 Å². The van der Waals surface area contributed by atoms with Gasteiger partial charge in [-0.1, -0.05) is 146 Å². The van der Waals surface area contributed by atoms with Gasteiger partial charge in [0.1, 0.15) is 0 Å². The summed E-state index contributed by atoms with van der Waals surface area (Å²) in [6, 6.07) is 65.1. The fourth-order valence-electron chi connectivity index (χ4n) is 7.85. The molecule has 0 aliphatic carbocycles. The van der Waals surface area contributed by atoms with Crippen LogP contribution in [0.25, 0.3) is 99.9 Å². The second-order valence-corrected chi connectivity index (χ2v) is 13.2. The maximum Gasteiger partial charge on any atom is 0.0545 e. The molecular formula is C48H33N3. The lowest BCUT2D eigenvalue weighted by Gasteiger charge is -2.14. The Bertz CT molecular complexity index is 2510. The van der Waals surface area contributed by atoms with Crippen molar-refractivity contribution in [3.8, 4) is 67.2 Å². The van der Waals surface area contributed by atoms with Gasteiger partial charge in [-0.3, -0.25) is 0 Å². The topological polar surface area (TPSA) is 47.4 Å². The molecule has 0 aliphatic heterocycles. The molecule has 0 bridgehead atoms. The standard InChI is InChI=1S/C48H33N3/c1-4-16-31(17-5-1)43-37-22-10-13-25-40(37)49-46(43)34-28-35(47-44(32-18-6-2-7-19-32)38-23-11-14-26-41(38)50-47)30-36(29-34)48-45(33-20-8-3-9-21-33)39-24-12-15-27-42(39)51-48/h1-30,49-51H. The predicted molar refractivity (Wildman–Crippen MR) is 215 cm³/mol. The maximum atomic E-state index is 3.86. The van der Waals surface area contributed by atoms with Gasteiger partial charge >= 0.3 is 0 Å². The number of aromatic nitrogens is 3. The van der Waals surface area contributed by atoms with E-state index >= 15 is 0 Å². The van der Waals surface area contributed by atoms with Crippen LogP contribution in [0.3, 0.4) is 0 Å². The molecular weight excluding hydrogens is 619 g/mol. The number of hydrogen-bond donors (Lipinski definition) is 3. The van der Waals surface area contributed by atoms with Gasteiger partial charge in [0.2, 0.25) is 0 Å². The molecule has 51 heavy (non-hydrogen) atoms. The van der Waals surface area contributed by atoms with Gasteiger partial charge in [0.25, 0.3) is 0 Å². The van der Waals surface area contributed by atoms with Crippen molar-refractivity contribution >= 4 is 32.7 Å². The molecule has 0 fully saturated rings. The zero-order valence-corrected chi connectivity index (χ0v) is 27.8. The fraction of sp³-hybridized carbons (Fsp3) is 0. The van der Waals surface area contributed by atoms with Gasteiger partial charge in [-0.2, -0.15) is 0 Å². The molecule has 10 aromatic rings. The van der Waals surface area contributed by atoms with Crippen molar-refractivity contribution in [2.45, 2.75) is 0 Å². The van der Waals surface area contributed by atoms with Crippen molar-refractivity contribution in [1.29, 1.82) is 0 Å². The minimum atomic E-state index is 1.10. The van der Waals surface area contributed by atoms with E-state index in [1.807, 2.05) is 0 Å². The van der Waals surface area contributed by atoms with E-state index in [1.54, 1.807) is 0 Å². The average molecular weight is 652 g/mol. The molecule has 3 N–H and O–H groups in total. The molecule has 7 aromatic carbocycles. The van der Waals surface area contributed by atoms with Crippen molar-refractivity contribution in [2.24, 2.45) is 0 Å². The summed E-state index contributed by atoms with van der Waals surface area (Å²) in [6.45, 7) is 0. The third-order valence-electron chi connectivity index (χ3n) is 10.1. The predicted octanol–water partition coefficient (Wildman–Crippen LogP) is 13.1. The third-order valence-corrected chi connectivity index (χ3v) is 10.1. The maximum absolute atomic E-state index is 3.86. The highest BCUT2D eigenvalue weighted by atomic mass is 14.7. The van der Waals surface area contributed by atoms with Gasteiger partial charge in [0, 0.05) is 49.4 Å². The third kappa shape index (κ3) is 4.90. The number of para-hydroxylation sites is 3. The molecule has 0 aliphatic rings. The van der Waals surface area contributed by atoms with Crippen LogP contribution >= 0.6 is 0 Å². The Morgan fingerprint density at radius 3 is 0.784 bits per heavy atom. The molecule has 0 atom stereocenters. The Labute approximate surface area is 295 Å². The van der Waals surface area contributed by atoms with E-state index in [1.165, 1.54) is 49.5 Å². The van der Waals surface area contributed by atoms with Gasteiger partial charge in [0.05, 0.1) is 17.1 Å². The normalized spacial score (nSPS) is 11.5. The van der Waals surface area contributed by atoms with Gasteiger partial charge < -0.3 is 15.0 Å². The second-order valence-electron chi connectivity index (χ2n) is 13.2. The van der Waals surface area contributed by atoms with Crippen LogP contribution in [-0.2, 0) is 0 Å². The van der Waals surface area contributed by atoms with Crippen LogP contribution < -0.4 is 0 Å². The van der Waals surface area contributed by atoms with E-state index in [0.29, 0.717) is 0 Å². The number of benzene rings is 7. The summed E-state index contributed by atoms with van der Waals surface area (Å²) in [5.74, 6) is 0. The van der Waals surface area contributed by atoms with E-state index in [0.717, 1.165) is 50.3 Å². The smallest absolute Gasteiger partial charge is 0.0545 e. The van der Waals surface area contributed by atoms with Crippen molar-refractivity contribution in [2.75, 3.05) is 0 Å². The van der Waals surface area contributed by atoms with Crippen LogP contribution in [0.5, 0.6) is 0 Å². The van der Waals surface area contributed by atoms with Gasteiger partial charge in [-0.15, -0.1) is 0 Å². The highest BCUT2D eigenvalue weighted by molar-refractivity contribution is 6.09. The minimum Gasteiger partial charge on any atom is -0.354 e. The highest BCUT2D eigenvalue weighted by Gasteiger charge is 2.22. The summed E-state index contributed by atoms with van der Waals surface area (Å²) >= 11 is 0. The molecule has 3 heterocycles. The largest absolute Gasteiger partial charge is 0.354 e. The number of aromatic amines is 3. The molecule has 0 radical (unpaired) electrons. The van der Waals surface area contributed by atoms with Crippen LogP contribution in [0.1, 0.15) is 0 Å². The SMILES string of the molecule is c1ccc(-c2c(-c3cc(-c4[nH]c5ccccc5c4-c4ccccc4)cc(-c4[nH]c5ccccc5c4-c4ccccc4)c3)[nH]c3ccccc23)cc1. The molecule has 3 aromatic heterocycles. The van der Waals surface area contributed by atoms with Gasteiger partial charge in [-0.25, -0.2) is 0 Å². The molecule has 3 nitrogen and oxygen atoms in total. The van der Waals surface area contributed by atoms with Gasteiger partial charge in [-0.05, 0) is 69.8 Å². The van der Waals surface area contributed by atoms with E-state index in [4.69, 9.17) is 0 Å². The second kappa shape index (κ2) is 11.9. The lowest BCUT2D eigenvalue weighted by molar-refractivity contribution is 1.40. The Morgan fingerprint density at radius 1 is 0.235 bits per heavy atom. The van der Waals surface area contributed by atoms with Crippen molar-refractivity contribution in [1.82, 2.24) is 15.0 Å². The first kappa shape index (κ1) is 29.1. The zero-order valence-electron chi connectivity index (χ0n) is 27.8. The molecule has 240 valence electrons. The first-order chi connectivity index (χ1) is 25.3. The molecule has 0 amide bonds. The van der Waals surface area contributed by atoms with Crippen molar-refractivity contribution in [3.63, 3.8) is 0 Å². The molecule has 0 saturated carbocycles. The fourth-order valence-corrected chi connectivity index (χ4v) is 7.85. The molecule has 10 rings (SSSR count). The molecule has 0 saturated heterocycles. The number of fused-ring (bicyclic) bond motifs is 3. The van der Waals surface area contributed by atoms with Crippen LogP contribution in [-0.4, -0.2) is 15.0 Å². The summed E-state index contributed by atoms with van der Waals surface area (Å²) in [7, 11) is 0. The summed E-state index contributed by atoms with van der Waals surface area (Å²) < 4.78 is 0. The van der Waals surface area contributed by atoms with Crippen LogP contribution in [0, 0.1) is 0 Å². The average Bonchev–Trinajstić information content (AvgIpc) is 3.91. The highest BCUT2D eigenvalue weighted by Crippen LogP contribution is 2.46. The van der Waals surface area contributed by atoms with Crippen LogP contribution in [0.15, 0.2) is 182 Å². The number of H-pyrrole nitrogens is 3. The summed E-state index contributed by atoms with van der Waals surface area (Å²) in [6.07, 6.45) is 0. The van der Waals surface area contributed by atoms with E-state index in [9.17, 15) is 0 Å². The monoisotopic (exact) mass is 651 g/mol. The Kier molecular flexibility index (Phi) is 6.81. The molecule has 0 spiro atoms.